The van der Waals surface area contributed by atoms with Crippen LogP contribution in [0.25, 0.3) is 27.5 Å². The Morgan fingerprint density at radius 1 is 0.632 bits per heavy atom. The first-order valence-electron chi connectivity index (χ1n) is 6.21. The molecule has 3 heteroatoms. The molecule has 0 fully saturated rings. The fraction of sp³-hybridized carbons (Fsp3) is 0. The van der Waals surface area contributed by atoms with Gasteiger partial charge in [-0.2, -0.15) is 4.80 Å². The largest absolute Gasteiger partial charge is 0.150 e. The summed E-state index contributed by atoms with van der Waals surface area (Å²) in [5, 5.41) is 11.4. The van der Waals surface area contributed by atoms with E-state index in [0.717, 1.165) is 16.7 Å². The summed E-state index contributed by atoms with van der Waals surface area (Å²) in [7, 11) is 0. The van der Waals surface area contributed by atoms with Crippen molar-refractivity contribution >= 4 is 21.8 Å². The van der Waals surface area contributed by atoms with Crippen LogP contribution in [0.2, 0.25) is 0 Å². The van der Waals surface area contributed by atoms with Crippen LogP contribution in [0.4, 0.5) is 0 Å². The first-order valence-corrected chi connectivity index (χ1v) is 6.21. The van der Waals surface area contributed by atoms with Gasteiger partial charge in [-0.3, -0.25) is 0 Å². The van der Waals surface area contributed by atoms with E-state index in [-0.39, 0.29) is 0 Å². The van der Waals surface area contributed by atoms with Crippen LogP contribution in [-0.4, -0.2) is 15.0 Å². The lowest BCUT2D eigenvalue weighted by molar-refractivity contribution is 0.767. The zero-order valence-corrected chi connectivity index (χ0v) is 10.2. The van der Waals surface area contributed by atoms with Gasteiger partial charge in [-0.15, -0.1) is 10.2 Å². The van der Waals surface area contributed by atoms with Crippen LogP contribution in [-0.2, 0) is 0 Å². The standard InChI is InChI=1S/C16H11N3/c1-2-6-13-11-14(10-9-12(13)5-1)19-17-15-7-3-4-8-16(15)18-19/h1-11H. The Morgan fingerprint density at radius 2 is 1.26 bits per heavy atom. The van der Waals surface area contributed by atoms with Gasteiger partial charge in [-0.1, -0.05) is 42.5 Å². The van der Waals surface area contributed by atoms with Crippen LogP contribution >= 0.6 is 0 Å². The van der Waals surface area contributed by atoms with Crippen molar-refractivity contribution in [1.82, 2.24) is 15.0 Å². The molecule has 1 heterocycles. The van der Waals surface area contributed by atoms with Crippen molar-refractivity contribution in [3.63, 3.8) is 0 Å². The third-order valence-electron chi connectivity index (χ3n) is 3.25. The van der Waals surface area contributed by atoms with Crippen LogP contribution in [0.3, 0.4) is 0 Å². The molecule has 4 aromatic rings. The average Bonchev–Trinajstić information content (AvgIpc) is 2.90. The molecule has 0 unspecified atom stereocenters. The summed E-state index contributed by atoms with van der Waals surface area (Å²) < 4.78 is 0. The van der Waals surface area contributed by atoms with E-state index in [2.05, 4.69) is 34.5 Å². The molecular weight excluding hydrogens is 234 g/mol. The fourth-order valence-corrected chi connectivity index (χ4v) is 2.28. The molecule has 0 spiro atoms. The monoisotopic (exact) mass is 245 g/mol. The molecule has 19 heavy (non-hydrogen) atoms. The molecule has 0 aliphatic rings. The van der Waals surface area contributed by atoms with Gasteiger partial charge in [0.05, 0.1) is 5.69 Å². The Kier molecular flexibility index (Phi) is 2.12. The van der Waals surface area contributed by atoms with E-state index >= 15 is 0 Å². The predicted molar refractivity (Wildman–Crippen MR) is 76.4 cm³/mol. The third-order valence-corrected chi connectivity index (χ3v) is 3.25. The molecule has 0 atom stereocenters. The molecule has 0 aliphatic carbocycles. The van der Waals surface area contributed by atoms with Gasteiger partial charge in [0.15, 0.2) is 0 Å². The molecule has 0 radical (unpaired) electrons. The second-order valence-electron chi connectivity index (χ2n) is 4.51. The average molecular weight is 245 g/mol. The molecule has 3 aromatic carbocycles. The summed E-state index contributed by atoms with van der Waals surface area (Å²) in [5.41, 5.74) is 2.81. The van der Waals surface area contributed by atoms with Crippen LogP contribution in [0.5, 0.6) is 0 Å². The number of aromatic nitrogens is 3. The molecule has 0 saturated carbocycles. The van der Waals surface area contributed by atoms with E-state index in [1.54, 1.807) is 4.80 Å². The molecule has 0 saturated heterocycles. The Balaban J connectivity index is 1.93. The van der Waals surface area contributed by atoms with E-state index < -0.39 is 0 Å². The summed E-state index contributed by atoms with van der Waals surface area (Å²) >= 11 is 0. The minimum atomic E-state index is 0.913. The van der Waals surface area contributed by atoms with E-state index in [1.165, 1.54) is 10.8 Å². The summed E-state index contributed by atoms with van der Waals surface area (Å²) in [4.78, 5) is 1.69. The van der Waals surface area contributed by atoms with Crippen molar-refractivity contribution in [2.24, 2.45) is 0 Å². The highest BCUT2D eigenvalue weighted by molar-refractivity contribution is 5.84. The van der Waals surface area contributed by atoms with Gasteiger partial charge in [0.1, 0.15) is 11.0 Å². The minimum absolute atomic E-state index is 0.913. The normalized spacial score (nSPS) is 11.2. The predicted octanol–water partition coefficient (Wildman–Crippen LogP) is 3.57. The third kappa shape index (κ3) is 1.67. The number of benzene rings is 3. The second kappa shape index (κ2) is 3.92. The van der Waals surface area contributed by atoms with Crippen LogP contribution in [0.15, 0.2) is 66.7 Å². The van der Waals surface area contributed by atoms with E-state index in [4.69, 9.17) is 0 Å². The first-order chi connectivity index (χ1) is 9.40. The maximum absolute atomic E-state index is 4.50. The van der Waals surface area contributed by atoms with Gasteiger partial charge in [0.25, 0.3) is 0 Å². The lowest BCUT2D eigenvalue weighted by Gasteiger charge is -2.01. The number of fused-ring (bicyclic) bond motifs is 2. The summed E-state index contributed by atoms with van der Waals surface area (Å²) in [6.45, 7) is 0. The van der Waals surface area contributed by atoms with Crippen LogP contribution in [0, 0.1) is 0 Å². The minimum Gasteiger partial charge on any atom is -0.150 e. The van der Waals surface area contributed by atoms with Gasteiger partial charge in [-0.05, 0) is 35.0 Å². The van der Waals surface area contributed by atoms with Crippen molar-refractivity contribution in [3.05, 3.63) is 66.7 Å². The molecule has 0 aliphatic heterocycles. The van der Waals surface area contributed by atoms with E-state index in [1.807, 2.05) is 42.5 Å². The molecule has 0 amide bonds. The van der Waals surface area contributed by atoms with Crippen LogP contribution < -0.4 is 0 Å². The molecule has 0 bridgehead atoms. The Hall–Kier alpha value is -2.68. The maximum atomic E-state index is 4.50. The van der Waals surface area contributed by atoms with Crippen molar-refractivity contribution in [1.29, 1.82) is 0 Å². The Morgan fingerprint density at radius 3 is 2.00 bits per heavy atom. The molecule has 1 aromatic heterocycles. The molecule has 3 nitrogen and oxygen atoms in total. The zero-order chi connectivity index (χ0) is 12.7. The highest BCUT2D eigenvalue weighted by Crippen LogP contribution is 2.18. The highest BCUT2D eigenvalue weighted by atomic mass is 15.5. The highest BCUT2D eigenvalue weighted by Gasteiger charge is 2.04. The van der Waals surface area contributed by atoms with Gasteiger partial charge in [0, 0.05) is 0 Å². The zero-order valence-electron chi connectivity index (χ0n) is 10.2. The van der Waals surface area contributed by atoms with Crippen molar-refractivity contribution < 1.29 is 0 Å². The van der Waals surface area contributed by atoms with Gasteiger partial charge in [0.2, 0.25) is 0 Å². The van der Waals surface area contributed by atoms with Gasteiger partial charge >= 0.3 is 0 Å². The second-order valence-corrected chi connectivity index (χ2v) is 4.51. The lowest BCUT2D eigenvalue weighted by Crippen LogP contribution is -1.97. The lowest BCUT2D eigenvalue weighted by atomic mass is 10.1. The van der Waals surface area contributed by atoms with Gasteiger partial charge < -0.3 is 0 Å². The maximum Gasteiger partial charge on any atom is 0.113 e. The number of nitrogens with zero attached hydrogens (tertiary/aromatic N) is 3. The topological polar surface area (TPSA) is 30.7 Å². The van der Waals surface area contributed by atoms with E-state index in [0.29, 0.717) is 0 Å². The number of hydrogen-bond acceptors (Lipinski definition) is 2. The van der Waals surface area contributed by atoms with Crippen molar-refractivity contribution in [2.75, 3.05) is 0 Å². The molecule has 0 N–H and O–H groups in total. The molecule has 4 rings (SSSR count). The van der Waals surface area contributed by atoms with E-state index in [9.17, 15) is 0 Å². The quantitative estimate of drug-likeness (QED) is 0.513. The summed E-state index contributed by atoms with van der Waals surface area (Å²) in [5.74, 6) is 0. The number of rotatable bonds is 1. The fourth-order valence-electron chi connectivity index (χ4n) is 2.28. The summed E-state index contributed by atoms with van der Waals surface area (Å²) in [6.07, 6.45) is 0. The molecular formula is C16H11N3. The smallest absolute Gasteiger partial charge is 0.113 e. The number of hydrogen-bond donors (Lipinski definition) is 0. The summed E-state index contributed by atoms with van der Waals surface area (Å²) in [6, 6.07) is 22.4. The SMILES string of the molecule is c1ccc2cc(-n3nc4ccccc4n3)ccc2c1. The van der Waals surface area contributed by atoms with Crippen molar-refractivity contribution in [3.8, 4) is 5.69 Å². The Labute approximate surface area is 110 Å². The molecule has 90 valence electrons. The Bertz CT molecular complexity index is 844. The van der Waals surface area contributed by atoms with Gasteiger partial charge in [-0.25, -0.2) is 0 Å². The van der Waals surface area contributed by atoms with Crippen LogP contribution in [0.1, 0.15) is 0 Å². The van der Waals surface area contributed by atoms with Crippen molar-refractivity contribution in [2.45, 2.75) is 0 Å². The first kappa shape index (κ1) is 10.3.